The molecule has 3 aromatic rings. The fourth-order valence-corrected chi connectivity index (χ4v) is 3.64. The summed E-state index contributed by atoms with van der Waals surface area (Å²) in [5.41, 5.74) is 5.78. The second-order valence-corrected chi connectivity index (χ2v) is 8.52. The Balaban J connectivity index is 1.53. The molecule has 0 bridgehead atoms. The summed E-state index contributed by atoms with van der Waals surface area (Å²) in [5.74, 6) is 0.495. The summed E-state index contributed by atoms with van der Waals surface area (Å²) in [5, 5.41) is 0. The molecule has 4 heteroatoms. The second kappa shape index (κ2) is 14.1. The first-order valence-corrected chi connectivity index (χ1v) is 12.4. The third kappa shape index (κ3) is 8.41. The molecule has 0 unspecified atom stereocenters. The van der Waals surface area contributed by atoms with E-state index in [0.29, 0.717) is 26.2 Å². The van der Waals surface area contributed by atoms with Crippen molar-refractivity contribution in [2.75, 3.05) is 19.8 Å². The number of benzene rings is 3. The standard InChI is InChI=1S/C31H36O4/c1-4-20-34-30(31(32)35-21-5-2)23-25-11-17-29(18-12-25)33-22-19-24(3)26-13-15-28(16-14-26)27-9-7-6-8-10-27/h6-19,30H,4-5,20-23H2,1-3H3/t30-/m0/s1. The van der Waals surface area contributed by atoms with Gasteiger partial charge in [-0.2, -0.15) is 0 Å². The van der Waals surface area contributed by atoms with E-state index in [1.807, 2.05) is 44.2 Å². The van der Waals surface area contributed by atoms with Crippen LogP contribution in [-0.4, -0.2) is 31.9 Å². The van der Waals surface area contributed by atoms with Crippen LogP contribution in [0.15, 0.2) is 84.9 Å². The number of esters is 1. The quantitative estimate of drug-likeness (QED) is 0.248. The van der Waals surface area contributed by atoms with E-state index in [-0.39, 0.29) is 5.97 Å². The number of allylic oxidation sites excluding steroid dienone is 1. The van der Waals surface area contributed by atoms with Crippen molar-refractivity contribution in [1.29, 1.82) is 0 Å². The van der Waals surface area contributed by atoms with Gasteiger partial charge in [-0.05, 0) is 65.8 Å². The Morgan fingerprint density at radius 3 is 2.14 bits per heavy atom. The Kier molecular flexibility index (Phi) is 10.6. The number of rotatable bonds is 13. The van der Waals surface area contributed by atoms with E-state index in [4.69, 9.17) is 14.2 Å². The molecule has 0 N–H and O–H groups in total. The fraction of sp³-hybridized carbons (Fsp3) is 0.323. The zero-order chi connectivity index (χ0) is 24.9. The first kappa shape index (κ1) is 26.2. The van der Waals surface area contributed by atoms with Gasteiger partial charge in [-0.3, -0.25) is 0 Å². The van der Waals surface area contributed by atoms with Gasteiger partial charge in [0, 0.05) is 13.0 Å². The molecular formula is C31H36O4. The Morgan fingerprint density at radius 2 is 1.49 bits per heavy atom. The van der Waals surface area contributed by atoms with Crippen molar-refractivity contribution in [3.05, 3.63) is 96.1 Å². The molecule has 0 saturated heterocycles. The maximum absolute atomic E-state index is 12.3. The second-order valence-electron chi connectivity index (χ2n) is 8.52. The van der Waals surface area contributed by atoms with Crippen LogP contribution in [0, 0.1) is 0 Å². The average molecular weight is 473 g/mol. The lowest BCUT2D eigenvalue weighted by molar-refractivity contribution is -0.157. The number of ether oxygens (including phenoxy) is 3. The normalized spacial score (nSPS) is 12.3. The molecule has 0 amide bonds. The van der Waals surface area contributed by atoms with Gasteiger partial charge in [0.05, 0.1) is 6.61 Å². The lowest BCUT2D eigenvalue weighted by Gasteiger charge is -2.17. The van der Waals surface area contributed by atoms with Crippen molar-refractivity contribution in [2.24, 2.45) is 0 Å². The van der Waals surface area contributed by atoms with Gasteiger partial charge >= 0.3 is 5.97 Å². The monoisotopic (exact) mass is 472 g/mol. The molecule has 0 aromatic heterocycles. The summed E-state index contributed by atoms with van der Waals surface area (Å²) < 4.78 is 16.9. The first-order chi connectivity index (χ1) is 17.1. The zero-order valence-corrected chi connectivity index (χ0v) is 21.0. The molecule has 4 nitrogen and oxygen atoms in total. The Bertz CT molecular complexity index is 1050. The minimum absolute atomic E-state index is 0.293. The van der Waals surface area contributed by atoms with Crippen molar-refractivity contribution in [1.82, 2.24) is 0 Å². The Morgan fingerprint density at radius 1 is 0.829 bits per heavy atom. The van der Waals surface area contributed by atoms with Gasteiger partial charge in [0.2, 0.25) is 0 Å². The smallest absolute Gasteiger partial charge is 0.335 e. The molecule has 35 heavy (non-hydrogen) atoms. The SMILES string of the molecule is CCCOC(=O)[C@H](Cc1ccc(OCC=C(C)c2ccc(-c3ccccc3)cc2)cc1)OCCC. The maximum atomic E-state index is 12.3. The summed E-state index contributed by atoms with van der Waals surface area (Å²) in [6.45, 7) is 7.54. The third-order valence-corrected chi connectivity index (χ3v) is 5.67. The average Bonchev–Trinajstić information content (AvgIpc) is 2.91. The van der Waals surface area contributed by atoms with Crippen LogP contribution >= 0.6 is 0 Å². The molecule has 0 radical (unpaired) electrons. The van der Waals surface area contributed by atoms with Gasteiger partial charge < -0.3 is 14.2 Å². The molecule has 3 aromatic carbocycles. The molecule has 0 aliphatic carbocycles. The van der Waals surface area contributed by atoms with E-state index in [1.165, 1.54) is 22.3 Å². The number of carbonyl (C=O) groups excluding carboxylic acids is 1. The van der Waals surface area contributed by atoms with E-state index in [1.54, 1.807) is 0 Å². The van der Waals surface area contributed by atoms with Crippen LogP contribution in [0.2, 0.25) is 0 Å². The van der Waals surface area contributed by atoms with E-state index in [9.17, 15) is 4.79 Å². The lowest BCUT2D eigenvalue weighted by Crippen LogP contribution is -2.29. The van der Waals surface area contributed by atoms with Crippen molar-refractivity contribution >= 4 is 11.5 Å². The molecule has 0 spiro atoms. The van der Waals surface area contributed by atoms with Gasteiger partial charge in [-0.25, -0.2) is 4.79 Å². The molecule has 0 heterocycles. The molecular weight excluding hydrogens is 436 g/mol. The number of hydrogen-bond acceptors (Lipinski definition) is 4. The minimum Gasteiger partial charge on any atom is -0.490 e. The predicted molar refractivity (Wildman–Crippen MR) is 142 cm³/mol. The molecule has 0 fully saturated rings. The molecule has 184 valence electrons. The topological polar surface area (TPSA) is 44.8 Å². The van der Waals surface area contributed by atoms with Gasteiger partial charge in [0.15, 0.2) is 6.10 Å². The van der Waals surface area contributed by atoms with Crippen molar-refractivity contribution in [2.45, 2.75) is 46.1 Å². The van der Waals surface area contributed by atoms with Crippen molar-refractivity contribution < 1.29 is 19.0 Å². The van der Waals surface area contributed by atoms with Gasteiger partial charge in [0.1, 0.15) is 12.4 Å². The van der Waals surface area contributed by atoms with Gasteiger partial charge in [-0.1, -0.05) is 80.6 Å². The Labute approximate surface area is 209 Å². The molecule has 0 aliphatic rings. The van der Waals surface area contributed by atoms with Crippen LogP contribution < -0.4 is 4.74 Å². The highest BCUT2D eigenvalue weighted by atomic mass is 16.6. The van der Waals surface area contributed by atoms with Gasteiger partial charge in [-0.15, -0.1) is 0 Å². The summed E-state index contributed by atoms with van der Waals surface area (Å²) in [4.78, 5) is 12.3. The van der Waals surface area contributed by atoms with Crippen LogP contribution in [0.5, 0.6) is 5.75 Å². The Hall–Kier alpha value is -3.37. The zero-order valence-electron chi connectivity index (χ0n) is 21.0. The molecule has 0 aliphatic heterocycles. The van der Waals surface area contributed by atoms with Gasteiger partial charge in [0.25, 0.3) is 0 Å². The minimum atomic E-state index is -0.577. The molecule has 1 atom stereocenters. The van der Waals surface area contributed by atoms with Crippen LogP contribution in [0.4, 0.5) is 0 Å². The van der Waals surface area contributed by atoms with Crippen molar-refractivity contribution in [3.63, 3.8) is 0 Å². The summed E-state index contributed by atoms with van der Waals surface area (Å²) in [7, 11) is 0. The van der Waals surface area contributed by atoms with Crippen LogP contribution in [0.3, 0.4) is 0 Å². The third-order valence-electron chi connectivity index (χ3n) is 5.67. The van der Waals surface area contributed by atoms with E-state index < -0.39 is 6.10 Å². The summed E-state index contributed by atoms with van der Waals surface area (Å²) >= 11 is 0. The number of carbonyl (C=O) groups is 1. The largest absolute Gasteiger partial charge is 0.490 e. The fourth-order valence-electron chi connectivity index (χ4n) is 3.64. The van der Waals surface area contributed by atoms with Crippen LogP contribution in [0.25, 0.3) is 16.7 Å². The first-order valence-electron chi connectivity index (χ1n) is 12.4. The highest BCUT2D eigenvalue weighted by Crippen LogP contribution is 2.22. The molecule has 0 saturated carbocycles. The predicted octanol–water partition coefficient (Wildman–Crippen LogP) is 7.13. The lowest BCUT2D eigenvalue weighted by atomic mass is 10.0. The molecule has 3 rings (SSSR count). The highest BCUT2D eigenvalue weighted by Gasteiger charge is 2.21. The number of hydrogen-bond donors (Lipinski definition) is 0. The van der Waals surface area contributed by atoms with Crippen LogP contribution in [0.1, 0.15) is 44.7 Å². The summed E-state index contributed by atoms with van der Waals surface area (Å²) in [6, 6.07) is 26.8. The van der Waals surface area contributed by atoms with Crippen molar-refractivity contribution in [3.8, 4) is 16.9 Å². The summed E-state index contributed by atoms with van der Waals surface area (Å²) in [6.07, 6.45) is 3.65. The highest BCUT2D eigenvalue weighted by molar-refractivity contribution is 5.75. The maximum Gasteiger partial charge on any atom is 0.335 e. The van der Waals surface area contributed by atoms with E-state index in [2.05, 4.69) is 61.5 Å². The van der Waals surface area contributed by atoms with Crippen LogP contribution in [-0.2, 0) is 20.7 Å². The van der Waals surface area contributed by atoms with E-state index >= 15 is 0 Å². The van der Waals surface area contributed by atoms with E-state index in [0.717, 1.165) is 24.2 Å².